The molecule has 3 rings (SSSR count). The number of ether oxygens (including phenoxy) is 1. The van der Waals surface area contributed by atoms with Crippen molar-refractivity contribution in [2.45, 2.75) is 57.7 Å². The van der Waals surface area contributed by atoms with Gasteiger partial charge < -0.3 is 10.1 Å². The molecule has 4 heteroatoms. The summed E-state index contributed by atoms with van der Waals surface area (Å²) in [4.78, 5) is 0. The highest BCUT2D eigenvalue weighted by atomic mass is 35.5. The maximum absolute atomic E-state index is 6.20. The minimum atomic E-state index is 0.523. The molecule has 0 spiro atoms. The Balaban J connectivity index is 1.61. The molecule has 0 unspecified atom stereocenters. The first-order chi connectivity index (χ1) is 12.2. The maximum atomic E-state index is 6.20. The number of nitrogens with one attached hydrogen (secondary N) is 1. The van der Waals surface area contributed by atoms with E-state index in [1.165, 1.54) is 38.5 Å². The highest BCUT2D eigenvalue weighted by molar-refractivity contribution is 6.30. The Hall–Kier alpha value is -1.22. The van der Waals surface area contributed by atoms with E-state index >= 15 is 0 Å². The normalized spacial score (nSPS) is 15.8. The largest absolute Gasteiger partial charge is 0.489 e. The van der Waals surface area contributed by atoms with E-state index in [1.807, 2.05) is 42.5 Å². The van der Waals surface area contributed by atoms with Crippen LogP contribution in [0.25, 0.3) is 0 Å². The van der Waals surface area contributed by atoms with Crippen LogP contribution in [0.4, 0.5) is 0 Å². The zero-order chi connectivity index (χ0) is 17.5. The molecule has 25 heavy (non-hydrogen) atoms. The number of hydrogen-bond acceptors (Lipinski definition) is 2. The van der Waals surface area contributed by atoms with Crippen molar-refractivity contribution in [1.82, 2.24) is 5.32 Å². The van der Waals surface area contributed by atoms with Gasteiger partial charge in [-0.2, -0.15) is 0 Å². The van der Waals surface area contributed by atoms with Gasteiger partial charge in [0.05, 0.1) is 0 Å². The zero-order valence-corrected chi connectivity index (χ0v) is 16.0. The third-order valence-corrected chi connectivity index (χ3v) is 5.25. The summed E-state index contributed by atoms with van der Waals surface area (Å²) in [6.07, 6.45) is 7.92. The van der Waals surface area contributed by atoms with Gasteiger partial charge in [0, 0.05) is 28.2 Å². The molecule has 1 aliphatic rings. The van der Waals surface area contributed by atoms with Crippen molar-refractivity contribution in [2.75, 3.05) is 0 Å². The first-order valence-electron chi connectivity index (χ1n) is 9.10. The molecule has 0 aliphatic heterocycles. The summed E-state index contributed by atoms with van der Waals surface area (Å²) in [5.41, 5.74) is 2.22. The van der Waals surface area contributed by atoms with Gasteiger partial charge in [0.15, 0.2) is 0 Å². The van der Waals surface area contributed by atoms with E-state index in [2.05, 4.69) is 5.32 Å². The first kappa shape index (κ1) is 18.6. The van der Waals surface area contributed by atoms with E-state index in [1.54, 1.807) is 0 Å². The van der Waals surface area contributed by atoms with Crippen molar-refractivity contribution in [3.8, 4) is 5.75 Å². The first-order valence-corrected chi connectivity index (χ1v) is 9.85. The summed E-state index contributed by atoms with van der Waals surface area (Å²) in [5, 5.41) is 5.18. The van der Waals surface area contributed by atoms with Crippen LogP contribution in [-0.4, -0.2) is 6.04 Å². The Morgan fingerprint density at radius 2 is 1.56 bits per heavy atom. The van der Waals surface area contributed by atoms with Crippen LogP contribution in [0.2, 0.25) is 10.0 Å². The predicted molar refractivity (Wildman–Crippen MR) is 106 cm³/mol. The molecule has 0 atom stereocenters. The maximum Gasteiger partial charge on any atom is 0.124 e. The highest BCUT2D eigenvalue weighted by Crippen LogP contribution is 2.25. The van der Waals surface area contributed by atoms with Crippen LogP contribution >= 0.6 is 23.2 Å². The van der Waals surface area contributed by atoms with Crippen molar-refractivity contribution in [2.24, 2.45) is 0 Å². The lowest BCUT2D eigenvalue weighted by molar-refractivity contribution is 0.301. The molecular formula is C21H25Cl2NO. The molecule has 134 valence electrons. The molecule has 1 fully saturated rings. The van der Waals surface area contributed by atoms with Gasteiger partial charge in [-0.05, 0) is 48.7 Å². The van der Waals surface area contributed by atoms with Crippen LogP contribution in [0, 0.1) is 0 Å². The second-order valence-corrected chi connectivity index (χ2v) is 7.61. The summed E-state index contributed by atoms with van der Waals surface area (Å²) >= 11 is 12.1. The summed E-state index contributed by atoms with van der Waals surface area (Å²) in [6, 6.07) is 14.2. The van der Waals surface area contributed by atoms with E-state index in [9.17, 15) is 0 Å². The van der Waals surface area contributed by atoms with E-state index < -0.39 is 0 Å². The fraction of sp³-hybridized carbons (Fsp3) is 0.429. The van der Waals surface area contributed by atoms with Crippen LogP contribution in [0.3, 0.4) is 0 Å². The highest BCUT2D eigenvalue weighted by Gasteiger charge is 2.13. The minimum Gasteiger partial charge on any atom is -0.489 e. The molecule has 1 saturated carbocycles. The second kappa shape index (κ2) is 9.47. The molecule has 2 aromatic carbocycles. The Labute approximate surface area is 160 Å². The average Bonchev–Trinajstić information content (AvgIpc) is 2.89. The molecule has 0 radical (unpaired) electrons. The quantitative estimate of drug-likeness (QED) is 0.589. The molecule has 0 saturated heterocycles. The van der Waals surface area contributed by atoms with Crippen LogP contribution in [-0.2, 0) is 13.2 Å². The van der Waals surface area contributed by atoms with Gasteiger partial charge in [-0.3, -0.25) is 0 Å². The smallest absolute Gasteiger partial charge is 0.124 e. The summed E-state index contributed by atoms with van der Waals surface area (Å²) < 4.78 is 6.04. The van der Waals surface area contributed by atoms with Crippen molar-refractivity contribution < 1.29 is 4.74 Å². The zero-order valence-electron chi connectivity index (χ0n) is 14.4. The van der Waals surface area contributed by atoms with E-state index in [0.717, 1.165) is 33.5 Å². The standard InChI is InChI=1S/C21H25Cl2NO/c22-18-9-7-16(8-10-18)15-25-21-12-11-19(23)13-17(21)14-24-20-5-3-1-2-4-6-20/h7-13,20,24H,1-6,14-15H2. The van der Waals surface area contributed by atoms with Crippen LogP contribution < -0.4 is 10.1 Å². The lowest BCUT2D eigenvalue weighted by Crippen LogP contribution is -2.28. The Kier molecular flexibility index (Phi) is 7.03. The van der Waals surface area contributed by atoms with Crippen molar-refractivity contribution in [3.05, 3.63) is 63.6 Å². The van der Waals surface area contributed by atoms with Gasteiger partial charge in [-0.25, -0.2) is 0 Å². The van der Waals surface area contributed by atoms with Gasteiger partial charge in [0.1, 0.15) is 12.4 Å². The fourth-order valence-electron chi connectivity index (χ4n) is 3.31. The van der Waals surface area contributed by atoms with Crippen LogP contribution in [0.1, 0.15) is 49.7 Å². The summed E-state index contributed by atoms with van der Waals surface area (Å²) in [6.45, 7) is 1.32. The predicted octanol–water partition coefficient (Wildman–Crippen LogP) is 6.38. The molecule has 0 amide bonds. The molecule has 2 nitrogen and oxygen atoms in total. The molecule has 1 aliphatic carbocycles. The molecule has 1 N–H and O–H groups in total. The van der Waals surface area contributed by atoms with Crippen molar-refractivity contribution >= 4 is 23.2 Å². The molecule has 0 aromatic heterocycles. The van der Waals surface area contributed by atoms with Crippen molar-refractivity contribution in [3.63, 3.8) is 0 Å². The third kappa shape index (κ3) is 5.91. The monoisotopic (exact) mass is 377 g/mol. The van der Waals surface area contributed by atoms with Gasteiger partial charge in [-0.1, -0.05) is 61.0 Å². The average molecular weight is 378 g/mol. The molecule has 0 heterocycles. The van der Waals surface area contributed by atoms with Gasteiger partial charge in [-0.15, -0.1) is 0 Å². The van der Waals surface area contributed by atoms with Gasteiger partial charge >= 0.3 is 0 Å². The van der Waals surface area contributed by atoms with E-state index in [-0.39, 0.29) is 0 Å². The Morgan fingerprint density at radius 1 is 0.880 bits per heavy atom. The third-order valence-electron chi connectivity index (χ3n) is 4.77. The number of rotatable bonds is 6. The fourth-order valence-corrected chi connectivity index (χ4v) is 3.63. The van der Waals surface area contributed by atoms with Gasteiger partial charge in [0.2, 0.25) is 0 Å². The van der Waals surface area contributed by atoms with Gasteiger partial charge in [0.25, 0.3) is 0 Å². The van der Waals surface area contributed by atoms with Crippen molar-refractivity contribution in [1.29, 1.82) is 0 Å². The Morgan fingerprint density at radius 3 is 2.28 bits per heavy atom. The second-order valence-electron chi connectivity index (χ2n) is 6.74. The number of benzene rings is 2. The number of hydrogen-bond donors (Lipinski definition) is 1. The lowest BCUT2D eigenvalue weighted by Gasteiger charge is -2.18. The molecule has 0 bridgehead atoms. The van der Waals surface area contributed by atoms with E-state index in [0.29, 0.717) is 12.6 Å². The topological polar surface area (TPSA) is 21.3 Å². The minimum absolute atomic E-state index is 0.523. The number of halogens is 2. The van der Waals surface area contributed by atoms with E-state index in [4.69, 9.17) is 27.9 Å². The summed E-state index contributed by atoms with van der Waals surface area (Å²) in [7, 11) is 0. The SMILES string of the molecule is Clc1ccc(COc2ccc(Cl)cc2CNC2CCCCCC2)cc1. The lowest BCUT2D eigenvalue weighted by atomic mass is 10.1. The Bertz CT molecular complexity index is 664. The summed E-state index contributed by atoms with van der Waals surface area (Å²) in [5.74, 6) is 0.889. The van der Waals surface area contributed by atoms with Crippen LogP contribution in [0.5, 0.6) is 5.75 Å². The van der Waals surface area contributed by atoms with Crippen LogP contribution in [0.15, 0.2) is 42.5 Å². The molecular weight excluding hydrogens is 353 g/mol. The molecule has 2 aromatic rings.